The van der Waals surface area contributed by atoms with Crippen LogP contribution >= 0.6 is 23.2 Å². The molecule has 0 amide bonds. The lowest BCUT2D eigenvalue weighted by Gasteiger charge is -2.25. The Morgan fingerprint density at radius 3 is 2.00 bits per heavy atom. The minimum Gasteiger partial charge on any atom is -0.105 e. The van der Waals surface area contributed by atoms with Crippen molar-refractivity contribution in [3.05, 3.63) is 95.1 Å². The molecule has 1 aliphatic carbocycles. The van der Waals surface area contributed by atoms with Gasteiger partial charge in [-0.15, -0.1) is 11.6 Å². The lowest BCUT2D eigenvalue weighted by Crippen LogP contribution is -2.15. The molecule has 2 heteroatoms. The van der Waals surface area contributed by atoms with Crippen LogP contribution in [0.1, 0.15) is 17.0 Å². The second kappa shape index (κ2) is 5.47. The zero-order valence-corrected chi connectivity index (χ0v) is 12.4. The maximum atomic E-state index is 6.68. The van der Waals surface area contributed by atoms with Gasteiger partial charge in [-0.25, -0.2) is 0 Å². The molecule has 3 rings (SSSR count). The fraction of sp³-hybridized carbons (Fsp3) is 0.111. The second-order valence-electron chi connectivity index (χ2n) is 4.93. The van der Waals surface area contributed by atoms with Crippen molar-refractivity contribution in [1.29, 1.82) is 0 Å². The van der Waals surface area contributed by atoms with Crippen molar-refractivity contribution >= 4 is 23.2 Å². The van der Waals surface area contributed by atoms with Gasteiger partial charge in [0.25, 0.3) is 0 Å². The average molecular weight is 301 g/mol. The highest BCUT2D eigenvalue weighted by molar-refractivity contribution is 6.30. The Morgan fingerprint density at radius 2 is 1.40 bits per heavy atom. The summed E-state index contributed by atoms with van der Waals surface area (Å²) in [6.45, 7) is 0. The number of benzene rings is 2. The summed E-state index contributed by atoms with van der Waals surface area (Å²) in [5.74, 6) is 0.253. The lowest BCUT2D eigenvalue weighted by atomic mass is 9.87. The summed E-state index contributed by atoms with van der Waals surface area (Å²) < 4.78 is 0. The van der Waals surface area contributed by atoms with Crippen LogP contribution in [-0.2, 0) is 4.87 Å². The van der Waals surface area contributed by atoms with E-state index in [4.69, 9.17) is 23.2 Å². The van der Waals surface area contributed by atoms with Gasteiger partial charge in [0.1, 0.15) is 4.87 Å². The zero-order chi connectivity index (χ0) is 14.0. The highest BCUT2D eigenvalue weighted by Crippen LogP contribution is 2.38. The molecule has 100 valence electrons. The Hall–Kier alpha value is -1.50. The van der Waals surface area contributed by atoms with E-state index in [1.165, 1.54) is 5.56 Å². The van der Waals surface area contributed by atoms with E-state index in [-0.39, 0.29) is 5.92 Å². The van der Waals surface area contributed by atoms with E-state index in [9.17, 15) is 0 Å². The summed E-state index contributed by atoms with van der Waals surface area (Å²) in [5.41, 5.74) is 2.30. The predicted molar refractivity (Wildman–Crippen MR) is 86.4 cm³/mol. The number of halogens is 2. The van der Waals surface area contributed by atoms with Gasteiger partial charge in [0.15, 0.2) is 0 Å². The van der Waals surface area contributed by atoms with Gasteiger partial charge in [0, 0.05) is 10.9 Å². The third-order valence-corrected chi connectivity index (χ3v) is 4.29. The van der Waals surface area contributed by atoms with Crippen molar-refractivity contribution in [2.75, 3.05) is 0 Å². The third kappa shape index (κ3) is 2.67. The molecule has 0 heterocycles. The van der Waals surface area contributed by atoms with Crippen LogP contribution in [0.3, 0.4) is 0 Å². The summed E-state index contributed by atoms with van der Waals surface area (Å²) in [6.07, 6.45) is 8.40. The summed E-state index contributed by atoms with van der Waals surface area (Å²) in [5, 5.41) is 0.758. The second-order valence-corrected chi connectivity index (χ2v) is 5.99. The Bertz CT molecular complexity index is 625. The number of rotatable bonds is 2. The minimum atomic E-state index is -0.538. The van der Waals surface area contributed by atoms with Gasteiger partial charge in [0.2, 0.25) is 0 Å². The highest BCUT2D eigenvalue weighted by atomic mass is 35.5. The molecule has 2 aromatic carbocycles. The van der Waals surface area contributed by atoms with E-state index in [0.717, 1.165) is 10.6 Å². The summed E-state index contributed by atoms with van der Waals surface area (Å²) in [4.78, 5) is -0.538. The van der Waals surface area contributed by atoms with Crippen LogP contribution in [0.5, 0.6) is 0 Å². The Morgan fingerprint density at radius 1 is 0.800 bits per heavy atom. The quantitative estimate of drug-likeness (QED) is 0.494. The number of allylic oxidation sites excluding steroid dienone is 4. The molecule has 0 spiro atoms. The first-order valence-electron chi connectivity index (χ1n) is 6.56. The van der Waals surface area contributed by atoms with Gasteiger partial charge < -0.3 is 0 Å². The van der Waals surface area contributed by atoms with Crippen LogP contribution < -0.4 is 0 Å². The Kier molecular flexibility index (Phi) is 3.69. The van der Waals surface area contributed by atoms with Crippen molar-refractivity contribution in [1.82, 2.24) is 0 Å². The van der Waals surface area contributed by atoms with Gasteiger partial charge in [-0.3, -0.25) is 0 Å². The number of alkyl halides is 1. The van der Waals surface area contributed by atoms with Gasteiger partial charge in [-0.05, 0) is 23.3 Å². The molecular formula is C18H14Cl2. The number of hydrogen-bond donors (Lipinski definition) is 0. The number of hydrogen-bond acceptors (Lipinski definition) is 0. The van der Waals surface area contributed by atoms with E-state index < -0.39 is 4.87 Å². The van der Waals surface area contributed by atoms with Crippen molar-refractivity contribution in [2.24, 2.45) is 0 Å². The molecule has 0 saturated heterocycles. The van der Waals surface area contributed by atoms with Crippen molar-refractivity contribution < 1.29 is 0 Å². The first-order chi connectivity index (χ1) is 9.67. The molecule has 0 N–H and O–H groups in total. The van der Waals surface area contributed by atoms with Crippen molar-refractivity contribution in [3.8, 4) is 0 Å². The first-order valence-corrected chi connectivity index (χ1v) is 7.32. The van der Waals surface area contributed by atoms with Gasteiger partial charge in [-0.2, -0.15) is 0 Å². The Balaban J connectivity index is 1.85. The molecule has 0 aliphatic heterocycles. The smallest absolute Gasteiger partial charge is 0.105 e. The van der Waals surface area contributed by atoms with Crippen LogP contribution in [0, 0.1) is 0 Å². The molecule has 0 nitrogen and oxygen atoms in total. The molecular weight excluding hydrogens is 287 g/mol. The van der Waals surface area contributed by atoms with E-state index in [2.05, 4.69) is 24.3 Å². The standard InChI is InChI=1S/C18H14Cl2/c19-17-8-6-14(7-9-17)15-10-12-18(20,13-11-15)16-4-2-1-3-5-16/h1-13,15H. The van der Waals surface area contributed by atoms with E-state index in [1.807, 2.05) is 54.6 Å². The molecule has 20 heavy (non-hydrogen) atoms. The topological polar surface area (TPSA) is 0 Å². The maximum absolute atomic E-state index is 6.68. The van der Waals surface area contributed by atoms with Crippen LogP contribution in [-0.4, -0.2) is 0 Å². The summed E-state index contributed by atoms with van der Waals surface area (Å²) in [7, 11) is 0. The maximum Gasteiger partial charge on any atom is 0.106 e. The van der Waals surface area contributed by atoms with Gasteiger partial charge in [-0.1, -0.05) is 78.4 Å². The van der Waals surface area contributed by atoms with Crippen molar-refractivity contribution in [2.45, 2.75) is 10.8 Å². The van der Waals surface area contributed by atoms with Gasteiger partial charge in [0.05, 0.1) is 0 Å². The van der Waals surface area contributed by atoms with E-state index in [1.54, 1.807) is 0 Å². The van der Waals surface area contributed by atoms with Crippen molar-refractivity contribution in [3.63, 3.8) is 0 Å². The molecule has 2 aromatic rings. The molecule has 0 unspecified atom stereocenters. The van der Waals surface area contributed by atoms with Crippen LogP contribution in [0.2, 0.25) is 5.02 Å². The molecule has 0 radical (unpaired) electrons. The van der Waals surface area contributed by atoms with Gasteiger partial charge >= 0.3 is 0 Å². The first kappa shape index (κ1) is 13.5. The van der Waals surface area contributed by atoms with Crippen LogP contribution in [0.4, 0.5) is 0 Å². The summed E-state index contributed by atoms with van der Waals surface area (Å²) >= 11 is 12.6. The molecule has 1 aliphatic rings. The third-order valence-electron chi connectivity index (χ3n) is 3.56. The highest BCUT2D eigenvalue weighted by Gasteiger charge is 2.26. The Labute approximate surface area is 129 Å². The fourth-order valence-electron chi connectivity index (χ4n) is 2.40. The molecule has 0 bridgehead atoms. The lowest BCUT2D eigenvalue weighted by molar-refractivity contribution is 0.901. The minimum absolute atomic E-state index is 0.253. The van der Waals surface area contributed by atoms with E-state index >= 15 is 0 Å². The normalized spacial score (nSPS) is 24.8. The largest absolute Gasteiger partial charge is 0.106 e. The SMILES string of the molecule is Clc1ccc(C2C=CC(Cl)(c3ccccc3)C=C2)cc1. The monoisotopic (exact) mass is 300 g/mol. The van der Waals surface area contributed by atoms with E-state index in [0.29, 0.717) is 0 Å². The molecule has 0 aromatic heterocycles. The van der Waals surface area contributed by atoms with Crippen LogP contribution in [0.25, 0.3) is 0 Å². The van der Waals surface area contributed by atoms with Crippen LogP contribution in [0.15, 0.2) is 78.9 Å². The molecule has 0 atom stereocenters. The predicted octanol–water partition coefficient (Wildman–Crippen LogP) is 5.68. The zero-order valence-electron chi connectivity index (χ0n) is 10.8. The molecule has 0 saturated carbocycles. The fourth-order valence-corrected chi connectivity index (χ4v) is 2.80. The average Bonchev–Trinajstić information content (AvgIpc) is 2.50. The summed E-state index contributed by atoms with van der Waals surface area (Å²) in [6, 6.07) is 18.0. The molecule has 0 fully saturated rings.